The number of hydrogen-bond donors (Lipinski definition) is 1. The first-order valence-electron chi connectivity index (χ1n) is 8.34. The van der Waals surface area contributed by atoms with Crippen LogP contribution in [0.5, 0.6) is 0 Å². The van der Waals surface area contributed by atoms with Crippen LogP contribution < -0.4 is 10.2 Å². The first kappa shape index (κ1) is 16.5. The summed E-state index contributed by atoms with van der Waals surface area (Å²) >= 11 is 6.36. The highest BCUT2D eigenvalue weighted by molar-refractivity contribution is 6.34. The monoisotopic (exact) mass is 308 g/mol. The van der Waals surface area contributed by atoms with Gasteiger partial charge < -0.3 is 10.2 Å². The molecule has 1 aromatic carbocycles. The van der Waals surface area contributed by atoms with E-state index in [1.165, 1.54) is 50.6 Å². The Hall–Kier alpha value is -0.890. The lowest BCUT2D eigenvalue weighted by Crippen LogP contribution is -2.21. The largest absolute Gasteiger partial charge is 0.381 e. The maximum Gasteiger partial charge on any atom is 0.0786 e. The molecule has 1 aliphatic carbocycles. The molecule has 1 N–H and O–H groups in total. The lowest BCUT2D eigenvalue weighted by Gasteiger charge is -2.24. The molecule has 3 heteroatoms. The fraction of sp³-hybridized carbons (Fsp3) is 0.667. The van der Waals surface area contributed by atoms with Gasteiger partial charge in [0.1, 0.15) is 0 Å². The van der Waals surface area contributed by atoms with Crippen molar-refractivity contribution >= 4 is 23.0 Å². The fourth-order valence-corrected chi connectivity index (χ4v) is 3.87. The number of rotatable bonds is 5. The predicted molar refractivity (Wildman–Crippen MR) is 94.7 cm³/mol. The highest BCUT2D eigenvalue weighted by Crippen LogP contribution is 2.35. The van der Waals surface area contributed by atoms with Crippen molar-refractivity contribution in [2.75, 3.05) is 24.3 Å². The van der Waals surface area contributed by atoms with Crippen LogP contribution in [0.1, 0.15) is 51.9 Å². The molecule has 118 valence electrons. The number of nitrogens with zero attached hydrogens (tertiary/aromatic N) is 1. The Labute approximate surface area is 134 Å². The van der Waals surface area contributed by atoms with Crippen molar-refractivity contribution in [2.45, 2.75) is 57.9 Å². The molecule has 2 rings (SSSR count). The minimum atomic E-state index is 0.587. The summed E-state index contributed by atoms with van der Waals surface area (Å²) in [6.07, 6.45) is 9.39. The molecule has 0 heterocycles. The van der Waals surface area contributed by atoms with Crippen LogP contribution in [-0.4, -0.2) is 20.1 Å². The summed E-state index contributed by atoms with van der Waals surface area (Å²) in [5, 5.41) is 4.57. The summed E-state index contributed by atoms with van der Waals surface area (Å²) in [6, 6.07) is 6.74. The zero-order chi connectivity index (χ0) is 15.2. The van der Waals surface area contributed by atoms with Crippen LogP contribution in [0.2, 0.25) is 5.02 Å². The molecule has 2 nitrogen and oxygen atoms in total. The summed E-state index contributed by atoms with van der Waals surface area (Å²) in [7, 11) is 4.10. The Kier molecular flexibility index (Phi) is 6.22. The summed E-state index contributed by atoms with van der Waals surface area (Å²) in [5.41, 5.74) is 2.28. The quantitative estimate of drug-likeness (QED) is 0.716. The first-order valence-corrected chi connectivity index (χ1v) is 8.72. The van der Waals surface area contributed by atoms with Crippen molar-refractivity contribution in [2.24, 2.45) is 5.92 Å². The van der Waals surface area contributed by atoms with Crippen LogP contribution in [0.15, 0.2) is 18.2 Å². The van der Waals surface area contributed by atoms with E-state index < -0.39 is 0 Å². The van der Waals surface area contributed by atoms with Crippen molar-refractivity contribution in [1.82, 2.24) is 0 Å². The highest BCUT2D eigenvalue weighted by atomic mass is 35.5. The van der Waals surface area contributed by atoms with E-state index in [2.05, 4.69) is 37.3 Å². The average Bonchev–Trinajstić information content (AvgIpc) is 2.65. The maximum atomic E-state index is 6.36. The molecule has 1 saturated carbocycles. The van der Waals surface area contributed by atoms with Crippen LogP contribution in [0.3, 0.4) is 0 Å². The van der Waals surface area contributed by atoms with E-state index in [0.29, 0.717) is 6.04 Å². The number of nitrogens with one attached hydrogen (secondary N) is 1. The minimum Gasteiger partial charge on any atom is -0.381 e. The van der Waals surface area contributed by atoms with E-state index in [-0.39, 0.29) is 0 Å². The summed E-state index contributed by atoms with van der Waals surface area (Å²) < 4.78 is 0. The molecule has 2 unspecified atom stereocenters. The number of para-hydroxylation sites is 1. The normalized spacial score (nSPS) is 22.7. The SMILES string of the molecule is CCCC1CCCC(Nc2cccc(Cl)c2N(C)C)CC1. The second-order valence-corrected chi connectivity index (χ2v) is 6.94. The minimum absolute atomic E-state index is 0.587. The molecule has 0 amide bonds. The van der Waals surface area contributed by atoms with Gasteiger partial charge in [0, 0.05) is 20.1 Å². The van der Waals surface area contributed by atoms with Crippen LogP contribution in [0, 0.1) is 5.92 Å². The zero-order valence-corrected chi connectivity index (χ0v) is 14.4. The van der Waals surface area contributed by atoms with E-state index in [1.54, 1.807) is 0 Å². The van der Waals surface area contributed by atoms with Gasteiger partial charge in [-0.2, -0.15) is 0 Å². The molecule has 21 heavy (non-hydrogen) atoms. The van der Waals surface area contributed by atoms with Crippen molar-refractivity contribution < 1.29 is 0 Å². The second kappa shape index (κ2) is 7.93. The van der Waals surface area contributed by atoms with Gasteiger partial charge in [-0.3, -0.25) is 0 Å². The lowest BCUT2D eigenvalue weighted by molar-refractivity contribution is 0.422. The van der Waals surface area contributed by atoms with Gasteiger partial charge in [-0.05, 0) is 37.3 Å². The summed E-state index contributed by atoms with van der Waals surface area (Å²) in [4.78, 5) is 2.10. The van der Waals surface area contributed by atoms with Crippen LogP contribution in [-0.2, 0) is 0 Å². The van der Waals surface area contributed by atoms with Crippen molar-refractivity contribution in [3.63, 3.8) is 0 Å². The topological polar surface area (TPSA) is 15.3 Å². The summed E-state index contributed by atoms with van der Waals surface area (Å²) in [5.74, 6) is 0.939. The standard InChI is InChI=1S/C18H29ClN2/c1-4-7-14-8-5-9-15(13-12-14)20-17-11-6-10-16(19)18(17)21(2)3/h6,10-11,14-15,20H,4-5,7-9,12-13H2,1-3H3. The molecule has 0 aromatic heterocycles. The first-order chi connectivity index (χ1) is 10.1. The Balaban J connectivity index is 2.03. The number of benzene rings is 1. The fourth-order valence-electron chi connectivity index (χ4n) is 3.53. The molecule has 0 aliphatic heterocycles. The third kappa shape index (κ3) is 4.54. The third-order valence-electron chi connectivity index (χ3n) is 4.58. The van der Waals surface area contributed by atoms with E-state index in [9.17, 15) is 0 Å². The third-order valence-corrected chi connectivity index (χ3v) is 4.88. The number of hydrogen-bond acceptors (Lipinski definition) is 2. The second-order valence-electron chi connectivity index (χ2n) is 6.53. The van der Waals surface area contributed by atoms with Crippen LogP contribution >= 0.6 is 11.6 Å². The van der Waals surface area contributed by atoms with Gasteiger partial charge in [-0.25, -0.2) is 0 Å². The lowest BCUT2D eigenvalue weighted by atomic mass is 9.95. The van der Waals surface area contributed by atoms with Gasteiger partial charge in [-0.1, -0.05) is 50.3 Å². The average molecular weight is 309 g/mol. The van der Waals surface area contributed by atoms with Crippen LogP contribution in [0.25, 0.3) is 0 Å². The van der Waals surface area contributed by atoms with Crippen molar-refractivity contribution in [3.8, 4) is 0 Å². The van der Waals surface area contributed by atoms with E-state index in [4.69, 9.17) is 11.6 Å². The summed E-state index contributed by atoms with van der Waals surface area (Å²) in [6.45, 7) is 2.30. The van der Waals surface area contributed by atoms with Gasteiger partial charge >= 0.3 is 0 Å². The molecule has 0 radical (unpaired) electrons. The Bertz CT molecular complexity index is 445. The molecule has 2 atom stereocenters. The molecule has 0 saturated heterocycles. The maximum absolute atomic E-state index is 6.36. The zero-order valence-electron chi connectivity index (χ0n) is 13.7. The number of anilines is 2. The van der Waals surface area contributed by atoms with Gasteiger partial charge in [-0.15, -0.1) is 0 Å². The Morgan fingerprint density at radius 2 is 2.00 bits per heavy atom. The van der Waals surface area contributed by atoms with Gasteiger partial charge in [0.15, 0.2) is 0 Å². The molecular weight excluding hydrogens is 280 g/mol. The van der Waals surface area contributed by atoms with E-state index in [0.717, 1.165) is 16.6 Å². The van der Waals surface area contributed by atoms with E-state index in [1.807, 2.05) is 12.1 Å². The highest BCUT2D eigenvalue weighted by Gasteiger charge is 2.19. The van der Waals surface area contributed by atoms with E-state index >= 15 is 0 Å². The molecular formula is C18H29ClN2. The predicted octanol–water partition coefficient (Wildman–Crippen LogP) is 5.57. The number of halogens is 1. The Morgan fingerprint density at radius 3 is 2.71 bits per heavy atom. The smallest absolute Gasteiger partial charge is 0.0786 e. The molecule has 1 aromatic rings. The van der Waals surface area contributed by atoms with Crippen molar-refractivity contribution in [3.05, 3.63) is 23.2 Å². The molecule has 1 aliphatic rings. The van der Waals surface area contributed by atoms with Gasteiger partial charge in [0.05, 0.1) is 16.4 Å². The molecule has 1 fully saturated rings. The molecule has 0 spiro atoms. The van der Waals surface area contributed by atoms with Gasteiger partial charge in [0.25, 0.3) is 0 Å². The van der Waals surface area contributed by atoms with Crippen molar-refractivity contribution in [1.29, 1.82) is 0 Å². The molecule has 0 bridgehead atoms. The van der Waals surface area contributed by atoms with Crippen LogP contribution in [0.4, 0.5) is 11.4 Å². The Morgan fingerprint density at radius 1 is 1.19 bits per heavy atom. The van der Waals surface area contributed by atoms with Gasteiger partial charge in [0.2, 0.25) is 0 Å².